The van der Waals surface area contributed by atoms with Gasteiger partial charge in [0.15, 0.2) is 23.0 Å². The van der Waals surface area contributed by atoms with Gasteiger partial charge in [0.2, 0.25) is 17.7 Å². The first-order chi connectivity index (χ1) is 15.0. The number of rotatable bonds is 7. The third kappa shape index (κ3) is 3.93. The predicted octanol–water partition coefficient (Wildman–Crippen LogP) is 2.70. The molecule has 31 heavy (non-hydrogen) atoms. The number of nitrogens with zero attached hydrogens (tertiary/aromatic N) is 3. The summed E-state index contributed by atoms with van der Waals surface area (Å²) < 4.78 is 21.6. The fraction of sp³-hybridized carbons (Fsp3) is 0.333. The number of amides is 2. The van der Waals surface area contributed by atoms with Crippen molar-refractivity contribution in [2.24, 2.45) is 5.92 Å². The topological polar surface area (TPSA) is 110 Å². The Hall–Kier alpha value is -3.53. The molecule has 5 rings (SSSR count). The molecule has 2 aliphatic rings. The number of imidazole rings is 1. The zero-order valence-electron chi connectivity index (χ0n) is 16.8. The van der Waals surface area contributed by atoms with Gasteiger partial charge in [-0.05, 0) is 50.9 Å². The minimum atomic E-state index is -0.628. The second-order valence-corrected chi connectivity index (χ2v) is 7.90. The van der Waals surface area contributed by atoms with Crippen LogP contribution in [0.2, 0.25) is 0 Å². The lowest BCUT2D eigenvalue weighted by atomic mass is 10.2. The Morgan fingerprint density at radius 1 is 1.19 bits per heavy atom. The second kappa shape index (κ2) is 7.31. The van der Waals surface area contributed by atoms with E-state index in [1.165, 1.54) is 16.6 Å². The summed E-state index contributed by atoms with van der Waals surface area (Å²) in [5.74, 6) is -0.244. The van der Waals surface area contributed by atoms with Crippen molar-refractivity contribution in [3.63, 3.8) is 0 Å². The molecule has 0 radical (unpaired) electrons. The van der Waals surface area contributed by atoms with Gasteiger partial charge in [-0.3, -0.25) is 9.59 Å². The van der Waals surface area contributed by atoms with Crippen molar-refractivity contribution in [3.8, 4) is 11.6 Å². The highest BCUT2D eigenvalue weighted by Crippen LogP contribution is 2.36. The van der Waals surface area contributed by atoms with E-state index in [4.69, 9.17) is 4.74 Å². The maximum absolute atomic E-state index is 14.5. The SMILES string of the molecule is CNC1(C(=O)Nc2ccc(Oc3ccc4nc(NC(=O)C5CC5)cn4n3)c(F)c2)CC1. The molecule has 2 heterocycles. The first-order valence-electron chi connectivity index (χ1n) is 10.1. The molecule has 2 aliphatic carbocycles. The van der Waals surface area contributed by atoms with Crippen LogP contribution in [0.3, 0.4) is 0 Å². The molecule has 3 aromatic rings. The molecule has 1 aromatic carbocycles. The number of anilines is 2. The summed E-state index contributed by atoms with van der Waals surface area (Å²) in [6, 6.07) is 7.44. The van der Waals surface area contributed by atoms with Crippen LogP contribution in [0.4, 0.5) is 15.9 Å². The zero-order chi connectivity index (χ0) is 21.6. The first-order valence-corrected chi connectivity index (χ1v) is 10.1. The van der Waals surface area contributed by atoms with Crippen molar-refractivity contribution >= 4 is 29.0 Å². The average Bonchev–Trinajstić information content (AvgIpc) is 3.66. The quantitative estimate of drug-likeness (QED) is 0.538. The van der Waals surface area contributed by atoms with Crippen molar-refractivity contribution in [1.82, 2.24) is 19.9 Å². The standard InChI is InChI=1S/C21H21FN6O3/c1-23-21(8-9-21)20(30)24-13-4-5-15(14(22)10-13)31-18-7-6-17-25-16(11-28(17)27-18)26-19(29)12-2-3-12/h4-7,10-12,23H,2-3,8-9H2,1H3,(H,24,30)(H,26,29). The number of ether oxygens (including phenoxy) is 1. The van der Waals surface area contributed by atoms with Crippen molar-refractivity contribution in [2.75, 3.05) is 17.7 Å². The Morgan fingerprint density at radius 2 is 2.00 bits per heavy atom. The summed E-state index contributed by atoms with van der Waals surface area (Å²) in [6.07, 6.45) is 4.90. The third-order valence-electron chi connectivity index (χ3n) is 5.56. The lowest BCUT2D eigenvalue weighted by molar-refractivity contribution is -0.119. The van der Waals surface area contributed by atoms with Crippen molar-refractivity contribution in [2.45, 2.75) is 31.2 Å². The Morgan fingerprint density at radius 3 is 2.68 bits per heavy atom. The number of aromatic nitrogens is 3. The van der Waals surface area contributed by atoms with Crippen LogP contribution in [-0.2, 0) is 9.59 Å². The second-order valence-electron chi connectivity index (χ2n) is 7.90. The van der Waals surface area contributed by atoms with Crippen LogP contribution >= 0.6 is 0 Å². The monoisotopic (exact) mass is 424 g/mol. The summed E-state index contributed by atoms with van der Waals surface area (Å²) >= 11 is 0. The predicted molar refractivity (Wildman–Crippen MR) is 110 cm³/mol. The highest BCUT2D eigenvalue weighted by molar-refractivity contribution is 6.00. The Bertz CT molecular complexity index is 1190. The number of hydrogen-bond donors (Lipinski definition) is 3. The molecule has 2 fully saturated rings. The first kappa shape index (κ1) is 19.4. The van der Waals surface area contributed by atoms with E-state index in [0.29, 0.717) is 17.2 Å². The lowest BCUT2D eigenvalue weighted by Crippen LogP contribution is -2.40. The molecular weight excluding hydrogens is 403 g/mol. The minimum absolute atomic E-state index is 0.0259. The van der Waals surface area contributed by atoms with Crippen LogP contribution < -0.4 is 20.7 Å². The number of benzene rings is 1. The van der Waals surface area contributed by atoms with E-state index in [1.807, 2.05) is 0 Å². The molecule has 9 nitrogen and oxygen atoms in total. The summed E-state index contributed by atoms with van der Waals surface area (Å²) in [6.45, 7) is 0. The fourth-order valence-electron chi connectivity index (χ4n) is 3.29. The van der Waals surface area contributed by atoms with Gasteiger partial charge in [0.05, 0.1) is 11.7 Å². The molecule has 0 saturated heterocycles. The summed E-state index contributed by atoms with van der Waals surface area (Å²) in [7, 11) is 1.73. The van der Waals surface area contributed by atoms with Crippen LogP contribution in [0.5, 0.6) is 11.6 Å². The van der Waals surface area contributed by atoms with Crippen molar-refractivity contribution < 1.29 is 18.7 Å². The molecule has 0 spiro atoms. The summed E-state index contributed by atoms with van der Waals surface area (Å²) in [5, 5.41) is 12.7. The molecular formula is C21H21FN6O3. The number of hydrogen-bond acceptors (Lipinski definition) is 6. The van der Waals surface area contributed by atoms with Crippen molar-refractivity contribution in [3.05, 3.63) is 42.3 Å². The molecule has 3 N–H and O–H groups in total. The van der Waals surface area contributed by atoms with Gasteiger partial charge >= 0.3 is 0 Å². The van der Waals surface area contributed by atoms with E-state index in [2.05, 4.69) is 26.0 Å². The molecule has 2 saturated carbocycles. The molecule has 0 bridgehead atoms. The Balaban J connectivity index is 1.28. The van der Waals surface area contributed by atoms with E-state index in [0.717, 1.165) is 25.7 Å². The lowest BCUT2D eigenvalue weighted by Gasteiger charge is -2.14. The van der Waals surface area contributed by atoms with Gasteiger partial charge in [0, 0.05) is 23.7 Å². The fourth-order valence-corrected chi connectivity index (χ4v) is 3.29. The van der Waals surface area contributed by atoms with Crippen LogP contribution in [-0.4, -0.2) is 39.0 Å². The zero-order valence-corrected chi connectivity index (χ0v) is 16.8. The van der Waals surface area contributed by atoms with Crippen LogP contribution in [0.1, 0.15) is 25.7 Å². The maximum atomic E-state index is 14.5. The summed E-state index contributed by atoms with van der Waals surface area (Å²) in [5.41, 5.74) is 0.327. The number of carbonyl (C=O) groups excluding carboxylic acids is 2. The number of fused-ring (bicyclic) bond motifs is 1. The van der Waals surface area contributed by atoms with E-state index >= 15 is 0 Å². The van der Waals surface area contributed by atoms with E-state index in [1.54, 1.807) is 31.4 Å². The number of halogens is 1. The molecule has 0 atom stereocenters. The number of nitrogens with one attached hydrogen (secondary N) is 3. The highest BCUT2D eigenvalue weighted by atomic mass is 19.1. The van der Waals surface area contributed by atoms with Crippen LogP contribution in [0.15, 0.2) is 36.5 Å². The number of likely N-dealkylation sites (N-methyl/N-ethyl adjacent to an activating group) is 1. The molecule has 2 aromatic heterocycles. The molecule has 2 amide bonds. The average molecular weight is 424 g/mol. The van der Waals surface area contributed by atoms with Crippen molar-refractivity contribution in [1.29, 1.82) is 0 Å². The van der Waals surface area contributed by atoms with E-state index in [-0.39, 0.29) is 29.4 Å². The maximum Gasteiger partial charge on any atom is 0.244 e. The van der Waals surface area contributed by atoms with Gasteiger partial charge < -0.3 is 20.7 Å². The van der Waals surface area contributed by atoms with Crippen LogP contribution in [0.25, 0.3) is 5.65 Å². The molecule has 0 aliphatic heterocycles. The number of carbonyl (C=O) groups is 2. The Kier molecular flexibility index (Phi) is 4.58. The molecule has 160 valence electrons. The summed E-state index contributed by atoms with van der Waals surface area (Å²) in [4.78, 5) is 28.5. The van der Waals surface area contributed by atoms with E-state index in [9.17, 15) is 14.0 Å². The van der Waals surface area contributed by atoms with Gasteiger partial charge in [-0.25, -0.2) is 13.9 Å². The largest absolute Gasteiger partial charge is 0.434 e. The van der Waals surface area contributed by atoms with Gasteiger partial charge in [0.1, 0.15) is 0 Å². The van der Waals surface area contributed by atoms with Crippen LogP contribution in [0, 0.1) is 11.7 Å². The van der Waals surface area contributed by atoms with Gasteiger partial charge in [-0.2, -0.15) is 0 Å². The highest BCUT2D eigenvalue weighted by Gasteiger charge is 2.48. The Labute approximate surface area is 177 Å². The van der Waals surface area contributed by atoms with E-state index < -0.39 is 11.4 Å². The molecule has 10 heteroatoms. The third-order valence-corrected chi connectivity index (χ3v) is 5.56. The van der Waals surface area contributed by atoms with Gasteiger partial charge in [-0.1, -0.05) is 0 Å². The normalized spacial score (nSPS) is 16.7. The molecule has 0 unspecified atom stereocenters. The smallest absolute Gasteiger partial charge is 0.244 e. The van der Waals surface area contributed by atoms with Gasteiger partial charge in [0.25, 0.3) is 0 Å². The minimum Gasteiger partial charge on any atom is -0.434 e. The van der Waals surface area contributed by atoms with Gasteiger partial charge in [-0.15, -0.1) is 5.10 Å².